The highest BCUT2D eigenvalue weighted by Gasteiger charge is 2.18. The molecular formula is C24H20ClN5O4. The number of ether oxygens (including phenoxy) is 1. The summed E-state index contributed by atoms with van der Waals surface area (Å²) in [7, 11) is 0. The number of amides is 1. The molecule has 1 aromatic heterocycles. The summed E-state index contributed by atoms with van der Waals surface area (Å²) in [5, 5.41) is 23.9. The number of halogens is 1. The summed E-state index contributed by atoms with van der Waals surface area (Å²) in [6.45, 7) is 2.51. The van der Waals surface area contributed by atoms with E-state index in [4.69, 9.17) is 16.3 Å². The van der Waals surface area contributed by atoms with Crippen LogP contribution in [0.4, 0.5) is 17.1 Å². The third kappa shape index (κ3) is 5.09. The molecule has 0 radical (unpaired) electrons. The summed E-state index contributed by atoms with van der Waals surface area (Å²) in [6.07, 6.45) is 3.21. The molecule has 0 unspecified atom stereocenters. The summed E-state index contributed by atoms with van der Waals surface area (Å²) in [5.41, 5.74) is 2.40. The van der Waals surface area contributed by atoms with Crippen LogP contribution in [0.25, 0.3) is 11.8 Å². The van der Waals surface area contributed by atoms with Crippen LogP contribution in [0.1, 0.15) is 5.69 Å². The number of nitro groups is 1. The molecule has 2 aromatic carbocycles. The lowest BCUT2D eigenvalue weighted by Gasteiger charge is -2.30. The summed E-state index contributed by atoms with van der Waals surface area (Å²) >= 11 is 6.17. The molecule has 0 spiro atoms. The Balaban J connectivity index is 1.60. The third-order valence-electron chi connectivity index (χ3n) is 5.33. The second kappa shape index (κ2) is 10.2. The van der Waals surface area contributed by atoms with Gasteiger partial charge in [0.25, 0.3) is 11.6 Å². The van der Waals surface area contributed by atoms with Crippen molar-refractivity contribution in [3.05, 3.63) is 87.2 Å². The number of nitrogens with zero attached hydrogens (tertiary/aromatic N) is 4. The number of non-ortho nitro benzene ring substituents is 1. The fraction of sp³-hybridized carbons (Fsp3) is 0.167. The van der Waals surface area contributed by atoms with E-state index in [1.165, 1.54) is 18.2 Å². The Bertz CT molecular complexity index is 1290. The zero-order valence-electron chi connectivity index (χ0n) is 18.0. The van der Waals surface area contributed by atoms with Crippen molar-refractivity contribution in [3.8, 4) is 11.8 Å². The highest BCUT2D eigenvalue weighted by molar-refractivity contribution is 6.31. The second-order valence-corrected chi connectivity index (χ2v) is 7.90. The molecule has 0 atom stereocenters. The quantitative estimate of drug-likeness (QED) is 0.243. The molecule has 1 fully saturated rings. The first kappa shape index (κ1) is 23.0. The van der Waals surface area contributed by atoms with Crippen molar-refractivity contribution in [2.24, 2.45) is 0 Å². The largest absolute Gasteiger partial charge is 0.378 e. The van der Waals surface area contributed by atoms with Crippen LogP contribution in [0.2, 0.25) is 5.02 Å². The second-order valence-electron chi connectivity index (χ2n) is 7.46. The first-order valence-corrected chi connectivity index (χ1v) is 10.8. The number of nitro benzene ring substituents is 1. The van der Waals surface area contributed by atoms with Gasteiger partial charge in [0.15, 0.2) is 0 Å². The molecule has 1 amide bonds. The topological polar surface area (TPSA) is 113 Å². The maximum Gasteiger partial charge on any atom is 0.269 e. The van der Waals surface area contributed by atoms with E-state index >= 15 is 0 Å². The fourth-order valence-corrected chi connectivity index (χ4v) is 3.83. The molecule has 1 aliphatic rings. The zero-order chi connectivity index (χ0) is 24.1. The molecule has 1 N–H and O–H groups in total. The number of hydrogen-bond acceptors (Lipinski definition) is 6. The van der Waals surface area contributed by atoms with E-state index in [2.05, 4.69) is 10.2 Å². The molecule has 0 saturated carbocycles. The minimum atomic E-state index is -0.573. The molecule has 9 nitrogen and oxygen atoms in total. The molecule has 0 bridgehead atoms. The van der Waals surface area contributed by atoms with Crippen LogP contribution >= 0.6 is 11.6 Å². The fourth-order valence-electron chi connectivity index (χ4n) is 3.66. The van der Waals surface area contributed by atoms with Gasteiger partial charge < -0.3 is 19.5 Å². The van der Waals surface area contributed by atoms with Gasteiger partial charge in [0.05, 0.1) is 29.5 Å². The van der Waals surface area contributed by atoms with Crippen molar-refractivity contribution in [3.63, 3.8) is 0 Å². The number of anilines is 2. The summed E-state index contributed by atoms with van der Waals surface area (Å²) in [5.74, 6) is -0.573. The minimum Gasteiger partial charge on any atom is -0.378 e. The Kier molecular flexibility index (Phi) is 6.92. The molecule has 172 valence electrons. The van der Waals surface area contributed by atoms with Crippen molar-refractivity contribution < 1.29 is 14.5 Å². The smallest absolute Gasteiger partial charge is 0.269 e. The number of nitrogens with one attached hydrogen (secondary N) is 1. The van der Waals surface area contributed by atoms with E-state index in [0.29, 0.717) is 48.4 Å². The summed E-state index contributed by atoms with van der Waals surface area (Å²) in [6, 6.07) is 16.7. The number of aromatic nitrogens is 1. The van der Waals surface area contributed by atoms with Crippen LogP contribution in [-0.4, -0.2) is 41.7 Å². The monoisotopic (exact) mass is 477 g/mol. The number of morpholine rings is 1. The molecule has 1 aliphatic heterocycles. The first-order chi connectivity index (χ1) is 16.5. The van der Waals surface area contributed by atoms with Gasteiger partial charge >= 0.3 is 0 Å². The van der Waals surface area contributed by atoms with Crippen molar-refractivity contribution in [1.82, 2.24) is 4.57 Å². The number of carbonyl (C=O) groups excluding carboxylic acids is 1. The molecule has 34 heavy (non-hydrogen) atoms. The Labute approximate surface area is 200 Å². The van der Waals surface area contributed by atoms with Gasteiger partial charge in [-0.3, -0.25) is 14.9 Å². The van der Waals surface area contributed by atoms with E-state index in [9.17, 15) is 20.2 Å². The lowest BCUT2D eigenvalue weighted by molar-refractivity contribution is -0.384. The van der Waals surface area contributed by atoms with Crippen LogP contribution in [0, 0.1) is 21.4 Å². The van der Waals surface area contributed by atoms with Crippen LogP contribution < -0.4 is 10.2 Å². The van der Waals surface area contributed by atoms with Gasteiger partial charge in [0.1, 0.15) is 11.6 Å². The zero-order valence-corrected chi connectivity index (χ0v) is 18.7. The standard InChI is InChI=1S/C24H20ClN5O4/c25-18-3-8-23(28-10-12-34-13-11-28)22(15-18)27-24(31)17(16-26)14-21-2-1-9-29(21)19-4-6-20(7-5-19)30(32)33/h1-9,14-15H,10-13H2,(H,27,31)/b17-14+. The Morgan fingerprint density at radius 3 is 2.59 bits per heavy atom. The molecule has 0 aliphatic carbocycles. The number of hydrogen-bond donors (Lipinski definition) is 1. The maximum atomic E-state index is 13.0. The van der Waals surface area contributed by atoms with Crippen LogP contribution in [0.5, 0.6) is 0 Å². The van der Waals surface area contributed by atoms with Gasteiger partial charge in [-0.05, 0) is 48.5 Å². The van der Waals surface area contributed by atoms with Crippen LogP contribution in [0.15, 0.2) is 66.4 Å². The van der Waals surface area contributed by atoms with Crippen molar-refractivity contribution >= 4 is 40.6 Å². The highest BCUT2D eigenvalue weighted by Crippen LogP contribution is 2.30. The van der Waals surface area contributed by atoms with Crippen molar-refractivity contribution in [1.29, 1.82) is 5.26 Å². The highest BCUT2D eigenvalue weighted by atomic mass is 35.5. The van der Waals surface area contributed by atoms with Gasteiger partial charge in [-0.15, -0.1) is 0 Å². The predicted molar refractivity (Wildman–Crippen MR) is 129 cm³/mol. The predicted octanol–water partition coefficient (Wildman–Crippen LogP) is 4.42. The third-order valence-corrected chi connectivity index (χ3v) is 5.57. The maximum absolute atomic E-state index is 13.0. The average Bonchev–Trinajstić information content (AvgIpc) is 3.31. The van der Waals surface area contributed by atoms with E-state index in [1.807, 2.05) is 12.1 Å². The number of rotatable bonds is 6. The first-order valence-electron chi connectivity index (χ1n) is 10.4. The molecule has 1 saturated heterocycles. The molecule has 10 heteroatoms. The van der Waals surface area contributed by atoms with Gasteiger partial charge in [-0.2, -0.15) is 5.26 Å². The van der Waals surface area contributed by atoms with E-state index in [0.717, 1.165) is 5.69 Å². The number of benzene rings is 2. The van der Waals surface area contributed by atoms with E-state index < -0.39 is 10.8 Å². The Morgan fingerprint density at radius 1 is 1.18 bits per heavy atom. The summed E-state index contributed by atoms with van der Waals surface area (Å²) in [4.78, 5) is 25.5. The molecule has 3 aromatic rings. The minimum absolute atomic E-state index is 0.0253. The van der Waals surface area contributed by atoms with E-state index in [-0.39, 0.29) is 11.3 Å². The number of carbonyl (C=O) groups is 1. The summed E-state index contributed by atoms with van der Waals surface area (Å²) < 4.78 is 7.13. The molecule has 4 rings (SSSR count). The van der Waals surface area contributed by atoms with Crippen molar-refractivity contribution in [2.45, 2.75) is 0 Å². The van der Waals surface area contributed by atoms with Crippen LogP contribution in [0.3, 0.4) is 0 Å². The average molecular weight is 478 g/mol. The lowest BCUT2D eigenvalue weighted by atomic mass is 10.2. The van der Waals surface area contributed by atoms with E-state index in [1.54, 1.807) is 47.2 Å². The normalized spacial score (nSPS) is 13.9. The Morgan fingerprint density at radius 2 is 1.91 bits per heavy atom. The van der Waals surface area contributed by atoms with Gasteiger partial charge in [0.2, 0.25) is 0 Å². The van der Waals surface area contributed by atoms with Crippen molar-refractivity contribution in [2.75, 3.05) is 36.5 Å². The number of nitriles is 1. The SMILES string of the molecule is N#C/C(=C\c1cccn1-c1ccc([N+](=O)[O-])cc1)C(=O)Nc1cc(Cl)ccc1N1CCOCC1. The molecular weight excluding hydrogens is 458 g/mol. The Hall–Kier alpha value is -4.13. The van der Waals surface area contributed by atoms with Gasteiger partial charge in [-0.1, -0.05) is 11.6 Å². The molecule has 2 heterocycles. The van der Waals surface area contributed by atoms with Gasteiger partial charge in [-0.25, -0.2) is 0 Å². The van der Waals surface area contributed by atoms with Gasteiger partial charge in [0, 0.05) is 47.8 Å². The lowest BCUT2D eigenvalue weighted by Crippen LogP contribution is -2.36. The van der Waals surface area contributed by atoms with Crippen LogP contribution in [-0.2, 0) is 9.53 Å².